The number of hydrogen-bond acceptors (Lipinski definition) is 7. The normalized spacial score (nSPS) is 10.1. The van der Waals surface area contributed by atoms with Crippen LogP contribution in [0, 0.1) is 6.92 Å². The molecule has 2 amide bonds. The number of unbranched alkanes of at least 4 members (excludes halogenated alkanes) is 1. The average molecular weight is 608 g/mol. The van der Waals surface area contributed by atoms with E-state index in [4.69, 9.17) is 25.7 Å². The van der Waals surface area contributed by atoms with Gasteiger partial charge >= 0.3 is 0 Å². The Morgan fingerprint density at radius 2 is 1.51 bits per heavy atom. The summed E-state index contributed by atoms with van der Waals surface area (Å²) in [6, 6.07) is 17.6. The van der Waals surface area contributed by atoms with Crippen molar-refractivity contribution in [1.82, 2.24) is 0 Å². The summed E-state index contributed by atoms with van der Waals surface area (Å²) in [7, 11) is 3.18. The number of aryl methyl sites for hydroxylation is 1. The molecule has 0 aliphatic rings. The van der Waals surface area contributed by atoms with Crippen LogP contribution in [0.3, 0.4) is 0 Å². The van der Waals surface area contributed by atoms with Gasteiger partial charge in [-0.2, -0.15) is 0 Å². The number of para-hydroxylation sites is 1. The van der Waals surface area contributed by atoms with E-state index < -0.39 is 0 Å². The van der Waals surface area contributed by atoms with Crippen LogP contribution < -0.4 is 35.9 Å². The van der Waals surface area contributed by atoms with Crippen LogP contribution in [-0.4, -0.2) is 52.3 Å². The summed E-state index contributed by atoms with van der Waals surface area (Å²) >= 11 is 0. The minimum absolute atomic E-state index is 0. The number of amides is 2. The number of nitrogens with two attached hydrogens (primary N) is 2. The molecule has 0 spiro atoms. The largest absolute Gasteiger partial charge is 0.495 e. The second-order valence-corrected chi connectivity index (χ2v) is 9.04. The summed E-state index contributed by atoms with van der Waals surface area (Å²) < 4.78 is 17.2. The molecule has 3 rings (SSSR count). The fraction of sp³-hybridized carbons (Fsp3) is 0.333. The van der Waals surface area contributed by atoms with Crippen molar-refractivity contribution >= 4 is 48.0 Å². The van der Waals surface area contributed by atoms with Crippen LogP contribution in [0.1, 0.15) is 45.5 Å². The maximum Gasteiger partial charge on any atom is 0.259 e. The van der Waals surface area contributed by atoms with Crippen LogP contribution in [0.15, 0.2) is 60.7 Å². The fourth-order valence-corrected chi connectivity index (χ4v) is 3.91. The number of benzene rings is 3. The van der Waals surface area contributed by atoms with Gasteiger partial charge in [0, 0.05) is 12.6 Å². The molecular formula is C30H40Cl2N4O5. The molecule has 11 heteroatoms. The highest BCUT2D eigenvalue weighted by Gasteiger charge is 2.20. The number of hydrogen-bond donors (Lipinski definition) is 3. The number of nitrogens with zero attached hydrogens (tertiary/aromatic N) is 1. The Hall–Kier alpha value is -3.50. The number of methoxy groups -OCH3 is 1. The smallest absolute Gasteiger partial charge is 0.259 e. The molecule has 3 aromatic carbocycles. The number of halogens is 2. The molecule has 0 unspecified atom stereocenters. The van der Waals surface area contributed by atoms with E-state index in [9.17, 15) is 9.59 Å². The molecule has 0 aliphatic heterocycles. The molecule has 41 heavy (non-hydrogen) atoms. The van der Waals surface area contributed by atoms with E-state index in [0.717, 1.165) is 18.4 Å². The maximum atomic E-state index is 13.4. The number of ether oxygens (including phenoxy) is 3. The summed E-state index contributed by atoms with van der Waals surface area (Å²) in [6.07, 6.45) is 2.37. The van der Waals surface area contributed by atoms with Crippen molar-refractivity contribution in [2.75, 3.05) is 50.7 Å². The summed E-state index contributed by atoms with van der Waals surface area (Å²) in [5.41, 5.74) is 14.0. The second-order valence-electron chi connectivity index (χ2n) is 9.04. The van der Waals surface area contributed by atoms with Crippen molar-refractivity contribution < 1.29 is 23.8 Å². The Labute approximate surface area is 254 Å². The van der Waals surface area contributed by atoms with E-state index in [1.54, 1.807) is 54.4 Å². The van der Waals surface area contributed by atoms with Crippen LogP contribution in [-0.2, 0) is 0 Å². The van der Waals surface area contributed by atoms with Crippen LogP contribution in [0.4, 0.5) is 11.4 Å². The summed E-state index contributed by atoms with van der Waals surface area (Å²) in [4.78, 5) is 28.1. The van der Waals surface area contributed by atoms with Crippen LogP contribution >= 0.6 is 24.8 Å². The highest BCUT2D eigenvalue weighted by molar-refractivity contribution is 6.09. The zero-order valence-electron chi connectivity index (χ0n) is 23.7. The minimum atomic E-state index is -0.357. The van der Waals surface area contributed by atoms with Crippen LogP contribution in [0.25, 0.3) is 0 Å². The lowest BCUT2D eigenvalue weighted by molar-refractivity contribution is 0.0990. The van der Waals surface area contributed by atoms with Crippen LogP contribution in [0.5, 0.6) is 17.2 Å². The Balaban J connectivity index is 0.00000420. The molecule has 0 fully saturated rings. The van der Waals surface area contributed by atoms with Gasteiger partial charge in [-0.1, -0.05) is 18.2 Å². The first-order chi connectivity index (χ1) is 18.9. The van der Waals surface area contributed by atoms with Crippen molar-refractivity contribution in [2.24, 2.45) is 11.5 Å². The van der Waals surface area contributed by atoms with Crippen molar-refractivity contribution in [3.05, 3.63) is 77.4 Å². The lowest BCUT2D eigenvalue weighted by Gasteiger charge is -2.22. The third-order valence-corrected chi connectivity index (χ3v) is 6.07. The molecular weight excluding hydrogens is 567 g/mol. The molecule has 0 saturated carbocycles. The third kappa shape index (κ3) is 9.82. The quantitative estimate of drug-likeness (QED) is 0.214. The second kappa shape index (κ2) is 18.0. The topological polar surface area (TPSA) is 129 Å². The molecule has 3 aromatic rings. The molecule has 0 heterocycles. The molecule has 0 atom stereocenters. The number of anilines is 2. The average Bonchev–Trinajstić information content (AvgIpc) is 2.95. The Morgan fingerprint density at radius 3 is 2.22 bits per heavy atom. The van der Waals surface area contributed by atoms with E-state index in [-0.39, 0.29) is 36.6 Å². The molecule has 0 aliphatic carbocycles. The monoisotopic (exact) mass is 606 g/mol. The molecule has 5 N–H and O–H groups in total. The lowest BCUT2D eigenvalue weighted by Crippen LogP contribution is -2.27. The molecule has 224 valence electrons. The van der Waals surface area contributed by atoms with E-state index in [0.29, 0.717) is 72.5 Å². The van der Waals surface area contributed by atoms with E-state index in [1.165, 1.54) is 7.11 Å². The van der Waals surface area contributed by atoms with Crippen molar-refractivity contribution in [1.29, 1.82) is 0 Å². The number of nitrogens with one attached hydrogen (secondary N) is 1. The molecule has 9 nitrogen and oxygen atoms in total. The Morgan fingerprint density at radius 1 is 0.829 bits per heavy atom. The number of rotatable bonds is 14. The third-order valence-electron chi connectivity index (χ3n) is 6.07. The highest BCUT2D eigenvalue weighted by atomic mass is 35.5. The zero-order valence-corrected chi connectivity index (χ0v) is 25.3. The maximum absolute atomic E-state index is 13.4. The van der Waals surface area contributed by atoms with E-state index >= 15 is 0 Å². The van der Waals surface area contributed by atoms with Gasteiger partial charge in [-0.15, -0.1) is 24.8 Å². The Bertz CT molecular complexity index is 1280. The van der Waals surface area contributed by atoms with Gasteiger partial charge in [0.1, 0.15) is 17.2 Å². The number of carbonyl (C=O) groups excluding carboxylic acids is 2. The van der Waals surface area contributed by atoms with Crippen LogP contribution in [0.2, 0.25) is 0 Å². The zero-order chi connectivity index (χ0) is 28.2. The van der Waals surface area contributed by atoms with E-state index in [1.807, 2.05) is 25.1 Å². The summed E-state index contributed by atoms with van der Waals surface area (Å²) in [6.45, 7) is 4.00. The predicted molar refractivity (Wildman–Crippen MR) is 169 cm³/mol. The summed E-state index contributed by atoms with van der Waals surface area (Å²) in [5.74, 6) is 0.844. The van der Waals surface area contributed by atoms with E-state index in [2.05, 4.69) is 5.32 Å². The molecule has 0 radical (unpaired) electrons. The fourth-order valence-electron chi connectivity index (χ4n) is 3.91. The first kappa shape index (κ1) is 35.5. The highest BCUT2D eigenvalue weighted by Crippen LogP contribution is 2.32. The number of carbonyl (C=O) groups is 2. The lowest BCUT2D eigenvalue weighted by atomic mass is 10.1. The molecule has 0 aromatic heterocycles. The first-order valence-electron chi connectivity index (χ1n) is 13.0. The van der Waals surface area contributed by atoms with Gasteiger partial charge in [0.25, 0.3) is 11.8 Å². The SMILES string of the molecule is COc1cc(C(=O)N(C)c2ccc(C)cc2OCCCCN)ccc1NC(=O)c1ccccc1OCCCN.Cl.Cl. The van der Waals surface area contributed by atoms with Gasteiger partial charge in [-0.25, -0.2) is 0 Å². The molecule has 0 saturated heterocycles. The standard InChI is InChI=1S/C30H38N4O5.2ClH/c1-21-11-14-25(28(19-21)39-17-7-6-15-31)34(2)30(36)22-12-13-24(27(20-22)37-3)33-29(35)23-9-4-5-10-26(23)38-18-8-16-32;;/h4-5,9-14,19-20H,6-8,15-18,31-32H2,1-3H3,(H,33,35);2*1H. The summed E-state index contributed by atoms with van der Waals surface area (Å²) in [5, 5.41) is 2.86. The van der Waals surface area contributed by atoms with Crippen molar-refractivity contribution in [3.8, 4) is 17.2 Å². The van der Waals surface area contributed by atoms with Gasteiger partial charge in [0.05, 0.1) is 37.3 Å². The van der Waals surface area contributed by atoms with Crippen molar-refractivity contribution in [3.63, 3.8) is 0 Å². The molecule has 0 bridgehead atoms. The predicted octanol–water partition coefficient (Wildman–Crippen LogP) is 5.22. The Kier molecular flexibility index (Phi) is 15.6. The van der Waals surface area contributed by atoms with Gasteiger partial charge < -0.3 is 35.9 Å². The van der Waals surface area contributed by atoms with Gasteiger partial charge in [-0.05, 0) is 87.3 Å². The van der Waals surface area contributed by atoms with Gasteiger partial charge in [0.15, 0.2) is 0 Å². The first-order valence-corrected chi connectivity index (χ1v) is 13.0. The van der Waals surface area contributed by atoms with Gasteiger partial charge in [0.2, 0.25) is 0 Å². The van der Waals surface area contributed by atoms with Gasteiger partial charge in [-0.3, -0.25) is 9.59 Å². The minimum Gasteiger partial charge on any atom is -0.495 e. The van der Waals surface area contributed by atoms with Crippen molar-refractivity contribution in [2.45, 2.75) is 26.2 Å².